The highest BCUT2D eigenvalue weighted by Gasteiger charge is 2.17. The van der Waals surface area contributed by atoms with Crippen molar-refractivity contribution in [1.29, 1.82) is 0 Å². The molecule has 2 heterocycles. The molecule has 0 fully saturated rings. The van der Waals surface area contributed by atoms with E-state index in [1.54, 1.807) is 24.4 Å². The van der Waals surface area contributed by atoms with Crippen LogP contribution in [-0.4, -0.2) is 19.4 Å². The van der Waals surface area contributed by atoms with E-state index in [4.69, 9.17) is 5.11 Å². The van der Waals surface area contributed by atoms with E-state index < -0.39 is 4.92 Å². The number of hydrogen-bond acceptors (Lipinski definition) is 6. The molecule has 0 bridgehead atoms. The number of fused-ring (bicyclic) bond motifs is 1. The van der Waals surface area contributed by atoms with Crippen LogP contribution in [0, 0.1) is 15.0 Å². The Balaban J connectivity index is 2.24. The molecule has 3 aromatic rings. The Kier molecular flexibility index (Phi) is 3.36. The predicted molar refractivity (Wildman–Crippen MR) is 78.7 cm³/mol. The first kappa shape index (κ1) is 13.8. The molecule has 0 aliphatic carbocycles. The van der Waals surface area contributed by atoms with Gasteiger partial charge in [-0.15, -0.1) is 4.91 Å². The van der Waals surface area contributed by atoms with Crippen molar-refractivity contribution in [3.63, 3.8) is 0 Å². The van der Waals surface area contributed by atoms with E-state index in [1.165, 1.54) is 22.6 Å². The van der Waals surface area contributed by atoms with Gasteiger partial charge in [0.15, 0.2) is 0 Å². The molecule has 0 unspecified atom stereocenters. The zero-order chi connectivity index (χ0) is 15.7. The number of aliphatic hydroxyl groups excluding tert-OH is 1. The molecule has 0 radical (unpaired) electrons. The average Bonchev–Trinajstić information content (AvgIpc) is 2.92. The smallest absolute Gasteiger partial charge is 0.270 e. The van der Waals surface area contributed by atoms with Crippen molar-refractivity contribution in [3.05, 3.63) is 63.2 Å². The number of nitroso groups, excluding NO2 is 1. The number of pyridine rings is 1. The lowest BCUT2D eigenvalue weighted by molar-refractivity contribution is -0.384. The first-order valence-electron chi connectivity index (χ1n) is 6.34. The standard InChI is InChI=1S/C14H10N4O4/c19-8-9-4-5-12-15-13(14(16-20)17(12)7-9)10-2-1-3-11(6-10)18(21)22/h1-7,19H,8H2. The van der Waals surface area contributed by atoms with Crippen LogP contribution < -0.4 is 0 Å². The molecular weight excluding hydrogens is 288 g/mol. The quantitative estimate of drug-likeness (QED) is 0.452. The summed E-state index contributed by atoms with van der Waals surface area (Å²) in [5.74, 6) is 0.0331. The van der Waals surface area contributed by atoms with Gasteiger partial charge in [0.1, 0.15) is 11.3 Å². The number of benzene rings is 1. The van der Waals surface area contributed by atoms with Gasteiger partial charge >= 0.3 is 0 Å². The van der Waals surface area contributed by atoms with Gasteiger partial charge in [0, 0.05) is 23.9 Å². The molecule has 22 heavy (non-hydrogen) atoms. The van der Waals surface area contributed by atoms with Crippen molar-refractivity contribution >= 4 is 17.2 Å². The van der Waals surface area contributed by atoms with Gasteiger partial charge in [-0.25, -0.2) is 4.98 Å². The number of aromatic nitrogens is 2. The summed E-state index contributed by atoms with van der Waals surface area (Å²) in [6.07, 6.45) is 1.56. The maximum absolute atomic E-state index is 11.2. The molecule has 0 atom stereocenters. The number of non-ortho nitro benzene ring substituents is 1. The topological polar surface area (TPSA) is 110 Å². The molecule has 0 amide bonds. The van der Waals surface area contributed by atoms with Gasteiger partial charge in [-0.2, -0.15) is 0 Å². The van der Waals surface area contributed by atoms with Crippen LogP contribution in [-0.2, 0) is 6.61 Å². The molecule has 3 rings (SSSR count). The maximum Gasteiger partial charge on any atom is 0.270 e. The largest absolute Gasteiger partial charge is 0.392 e. The minimum absolute atomic E-state index is 0.0331. The van der Waals surface area contributed by atoms with Crippen LogP contribution in [0.4, 0.5) is 11.5 Å². The van der Waals surface area contributed by atoms with E-state index in [-0.39, 0.29) is 23.8 Å². The fourth-order valence-corrected chi connectivity index (χ4v) is 2.22. The molecule has 0 aliphatic heterocycles. The number of hydrogen-bond donors (Lipinski definition) is 1. The molecule has 8 nitrogen and oxygen atoms in total. The molecule has 2 aromatic heterocycles. The summed E-state index contributed by atoms with van der Waals surface area (Å²) < 4.78 is 1.45. The highest BCUT2D eigenvalue weighted by atomic mass is 16.6. The first-order valence-corrected chi connectivity index (χ1v) is 6.34. The predicted octanol–water partition coefficient (Wildman–Crippen LogP) is 2.80. The van der Waals surface area contributed by atoms with E-state index in [1.807, 2.05) is 0 Å². The number of nitro groups is 1. The monoisotopic (exact) mass is 298 g/mol. The SMILES string of the molecule is O=Nc1c(-c2cccc([N+](=O)[O-])c2)nc2ccc(CO)cn12. The molecule has 1 aromatic carbocycles. The van der Waals surface area contributed by atoms with Crippen molar-refractivity contribution in [2.45, 2.75) is 6.61 Å². The lowest BCUT2D eigenvalue weighted by atomic mass is 10.1. The summed E-state index contributed by atoms with van der Waals surface area (Å²) in [6.45, 7) is -0.182. The second-order valence-corrected chi connectivity index (χ2v) is 4.61. The van der Waals surface area contributed by atoms with Crippen molar-refractivity contribution in [2.24, 2.45) is 5.18 Å². The summed E-state index contributed by atoms with van der Waals surface area (Å²) in [6, 6.07) is 9.15. The fourth-order valence-electron chi connectivity index (χ4n) is 2.22. The molecule has 8 heteroatoms. The third-order valence-electron chi connectivity index (χ3n) is 3.25. The molecule has 0 saturated carbocycles. The molecular formula is C14H10N4O4. The third kappa shape index (κ3) is 2.21. The van der Waals surface area contributed by atoms with Crippen LogP contribution in [0.25, 0.3) is 16.9 Å². The zero-order valence-electron chi connectivity index (χ0n) is 11.2. The van der Waals surface area contributed by atoms with Gasteiger partial charge in [0.2, 0.25) is 5.82 Å². The van der Waals surface area contributed by atoms with E-state index >= 15 is 0 Å². The zero-order valence-corrected chi connectivity index (χ0v) is 11.2. The number of imidazole rings is 1. The molecule has 0 aliphatic rings. The number of aliphatic hydroxyl groups is 1. The van der Waals surface area contributed by atoms with Crippen LogP contribution in [0.1, 0.15) is 5.56 Å². The highest BCUT2D eigenvalue weighted by molar-refractivity contribution is 5.75. The van der Waals surface area contributed by atoms with E-state index in [0.29, 0.717) is 16.8 Å². The average molecular weight is 298 g/mol. The number of nitrogens with zero attached hydrogens (tertiary/aromatic N) is 4. The van der Waals surface area contributed by atoms with E-state index in [0.717, 1.165) is 0 Å². The first-order chi connectivity index (χ1) is 10.6. The Bertz CT molecular complexity index is 888. The summed E-state index contributed by atoms with van der Waals surface area (Å²) in [5, 5.41) is 23.0. The van der Waals surface area contributed by atoms with Gasteiger partial charge in [-0.05, 0) is 16.8 Å². The highest BCUT2D eigenvalue weighted by Crippen LogP contribution is 2.32. The van der Waals surface area contributed by atoms with Crippen molar-refractivity contribution in [2.75, 3.05) is 0 Å². The van der Waals surface area contributed by atoms with E-state index in [2.05, 4.69) is 10.2 Å². The Labute approximate surface area is 123 Å². The van der Waals surface area contributed by atoms with Gasteiger partial charge in [0.05, 0.1) is 11.5 Å². The molecule has 0 spiro atoms. The van der Waals surface area contributed by atoms with Crippen LogP contribution in [0.3, 0.4) is 0 Å². The summed E-state index contributed by atoms with van der Waals surface area (Å²) in [7, 11) is 0. The van der Waals surface area contributed by atoms with Gasteiger partial charge in [-0.1, -0.05) is 18.2 Å². The van der Waals surface area contributed by atoms with E-state index in [9.17, 15) is 15.0 Å². The molecule has 0 saturated heterocycles. The van der Waals surface area contributed by atoms with Gasteiger partial charge in [0.25, 0.3) is 5.69 Å². The minimum atomic E-state index is -0.517. The summed E-state index contributed by atoms with van der Waals surface area (Å²) in [4.78, 5) is 25.8. The molecule has 110 valence electrons. The van der Waals surface area contributed by atoms with Crippen molar-refractivity contribution < 1.29 is 10.0 Å². The number of nitro benzene ring substituents is 1. The van der Waals surface area contributed by atoms with Crippen LogP contribution in [0.15, 0.2) is 47.8 Å². The van der Waals surface area contributed by atoms with Gasteiger partial charge in [-0.3, -0.25) is 14.5 Å². The van der Waals surface area contributed by atoms with Crippen molar-refractivity contribution in [1.82, 2.24) is 9.38 Å². The van der Waals surface area contributed by atoms with Crippen LogP contribution >= 0.6 is 0 Å². The lowest BCUT2D eigenvalue weighted by Gasteiger charge is -1.99. The fraction of sp³-hybridized carbons (Fsp3) is 0.0714. The van der Waals surface area contributed by atoms with Crippen molar-refractivity contribution in [3.8, 4) is 11.3 Å². The second-order valence-electron chi connectivity index (χ2n) is 4.61. The normalized spacial score (nSPS) is 10.8. The maximum atomic E-state index is 11.2. The Morgan fingerprint density at radius 3 is 2.82 bits per heavy atom. The Morgan fingerprint density at radius 1 is 1.32 bits per heavy atom. The lowest BCUT2D eigenvalue weighted by Crippen LogP contribution is -1.89. The Morgan fingerprint density at radius 2 is 2.14 bits per heavy atom. The minimum Gasteiger partial charge on any atom is -0.392 e. The number of rotatable bonds is 4. The third-order valence-corrected chi connectivity index (χ3v) is 3.25. The Hall–Kier alpha value is -3.13. The van der Waals surface area contributed by atoms with Crippen LogP contribution in [0.2, 0.25) is 0 Å². The summed E-state index contributed by atoms with van der Waals surface area (Å²) in [5.41, 5.74) is 1.66. The summed E-state index contributed by atoms with van der Waals surface area (Å²) >= 11 is 0. The second kappa shape index (κ2) is 5.34. The van der Waals surface area contributed by atoms with Crippen LogP contribution in [0.5, 0.6) is 0 Å². The molecule has 1 N–H and O–H groups in total. The van der Waals surface area contributed by atoms with Gasteiger partial charge < -0.3 is 5.11 Å².